The van der Waals surface area contributed by atoms with Gasteiger partial charge in [0.1, 0.15) is 0 Å². The molecule has 1 atom stereocenters. The molecule has 0 bridgehead atoms. The number of benzene rings is 2. The van der Waals surface area contributed by atoms with Crippen LogP contribution in [0.25, 0.3) is 5.69 Å². The van der Waals surface area contributed by atoms with E-state index >= 15 is 0 Å². The van der Waals surface area contributed by atoms with E-state index in [-0.39, 0.29) is 11.8 Å². The molecule has 0 saturated carbocycles. The van der Waals surface area contributed by atoms with Gasteiger partial charge in [-0.2, -0.15) is 15.0 Å². The van der Waals surface area contributed by atoms with Crippen molar-refractivity contribution in [3.8, 4) is 5.69 Å². The summed E-state index contributed by atoms with van der Waals surface area (Å²) in [5.41, 5.74) is 2.39. The maximum Gasteiger partial charge on any atom is 0.180 e. The molecule has 0 radical (unpaired) electrons. The summed E-state index contributed by atoms with van der Waals surface area (Å²) in [5, 5.41) is 9.32. The lowest BCUT2D eigenvalue weighted by Crippen LogP contribution is -2.25. The van der Waals surface area contributed by atoms with Gasteiger partial charge in [0.25, 0.3) is 0 Å². The number of hydrogen-bond donors (Lipinski definition) is 0. The highest BCUT2D eigenvalue weighted by Crippen LogP contribution is 2.38. The molecule has 26 heavy (non-hydrogen) atoms. The number of sulfone groups is 1. The Balaban J connectivity index is 1.58. The van der Waals surface area contributed by atoms with Gasteiger partial charge in [0, 0.05) is 11.6 Å². The second-order valence-corrected chi connectivity index (χ2v) is 8.79. The van der Waals surface area contributed by atoms with Crippen LogP contribution in [0.3, 0.4) is 0 Å². The molecule has 4 rings (SSSR count). The van der Waals surface area contributed by atoms with Gasteiger partial charge < -0.3 is 0 Å². The summed E-state index contributed by atoms with van der Waals surface area (Å²) in [6.07, 6.45) is 1.70. The van der Waals surface area contributed by atoms with Crippen molar-refractivity contribution >= 4 is 21.4 Å². The van der Waals surface area contributed by atoms with E-state index < -0.39 is 9.84 Å². The van der Waals surface area contributed by atoms with Crippen LogP contribution in [0.2, 0.25) is 5.02 Å². The lowest BCUT2D eigenvalue weighted by Gasteiger charge is -2.23. The van der Waals surface area contributed by atoms with Gasteiger partial charge in [-0.05, 0) is 42.9 Å². The van der Waals surface area contributed by atoms with Crippen molar-refractivity contribution in [2.45, 2.75) is 17.5 Å². The summed E-state index contributed by atoms with van der Waals surface area (Å²) in [6, 6.07) is 14.3. The minimum atomic E-state index is -3.29. The summed E-state index contributed by atoms with van der Waals surface area (Å²) in [6.45, 7) is 0.485. The Kier molecular flexibility index (Phi) is 4.30. The molecule has 2 aromatic carbocycles. The molecule has 1 aliphatic rings. The molecule has 0 fully saturated rings. The van der Waals surface area contributed by atoms with Crippen molar-refractivity contribution in [2.24, 2.45) is 0 Å². The Bertz CT molecular complexity index is 1050. The van der Waals surface area contributed by atoms with Crippen LogP contribution < -0.4 is 0 Å². The van der Waals surface area contributed by atoms with E-state index in [4.69, 9.17) is 11.6 Å². The van der Waals surface area contributed by atoms with Crippen LogP contribution >= 0.6 is 11.6 Å². The van der Waals surface area contributed by atoms with Gasteiger partial charge in [-0.15, -0.1) is 0 Å². The molecule has 1 aliphatic heterocycles. The van der Waals surface area contributed by atoms with Crippen LogP contribution in [0.5, 0.6) is 0 Å². The zero-order valence-electron chi connectivity index (χ0n) is 14.1. The average Bonchev–Trinajstić information content (AvgIpc) is 3.18. The fourth-order valence-electron chi connectivity index (χ4n) is 3.23. The number of aromatic nitrogens is 3. The molecule has 8 heteroatoms. The molecule has 6 nitrogen and oxygen atoms in total. The quantitative estimate of drug-likeness (QED) is 0.687. The molecule has 0 N–H and O–H groups in total. The van der Waals surface area contributed by atoms with E-state index in [9.17, 15) is 8.42 Å². The third kappa shape index (κ3) is 3.13. The maximum absolute atomic E-state index is 12.4. The molecular formula is C18H17ClN4O2S. The Morgan fingerprint density at radius 2 is 2.00 bits per heavy atom. The van der Waals surface area contributed by atoms with Crippen molar-refractivity contribution in [2.75, 3.05) is 12.8 Å². The minimum Gasteiger partial charge on any atom is -0.292 e. The molecule has 134 valence electrons. The molecule has 3 aromatic rings. The van der Waals surface area contributed by atoms with E-state index in [1.807, 2.05) is 42.3 Å². The topological polar surface area (TPSA) is 68.1 Å². The van der Waals surface area contributed by atoms with Gasteiger partial charge in [-0.25, -0.2) is 8.42 Å². The smallest absolute Gasteiger partial charge is 0.180 e. The van der Waals surface area contributed by atoms with Crippen LogP contribution in [0.15, 0.2) is 59.6 Å². The molecule has 0 aliphatic carbocycles. The fraction of sp³-hybridized carbons (Fsp3) is 0.222. The van der Waals surface area contributed by atoms with Crippen molar-refractivity contribution in [1.29, 1.82) is 0 Å². The van der Waals surface area contributed by atoms with E-state index in [2.05, 4.69) is 10.2 Å². The van der Waals surface area contributed by atoms with Crippen LogP contribution in [0.1, 0.15) is 17.3 Å². The van der Waals surface area contributed by atoms with Gasteiger partial charge >= 0.3 is 0 Å². The van der Waals surface area contributed by atoms with E-state index in [0.717, 1.165) is 16.9 Å². The van der Waals surface area contributed by atoms with Crippen LogP contribution in [0, 0.1) is 0 Å². The monoisotopic (exact) mass is 388 g/mol. The number of para-hydroxylation sites is 1. The third-order valence-electron chi connectivity index (χ3n) is 4.51. The first-order valence-electron chi connectivity index (χ1n) is 8.13. The summed E-state index contributed by atoms with van der Waals surface area (Å²) >= 11 is 6.08. The number of rotatable bonds is 4. The zero-order valence-corrected chi connectivity index (χ0v) is 15.7. The van der Waals surface area contributed by atoms with Gasteiger partial charge in [0.15, 0.2) is 9.84 Å². The predicted octanol–water partition coefficient (Wildman–Crippen LogP) is 2.88. The van der Waals surface area contributed by atoms with Crippen LogP contribution in [-0.2, 0) is 16.4 Å². The first kappa shape index (κ1) is 17.2. The summed E-state index contributed by atoms with van der Waals surface area (Å²) in [7, 11) is -1.40. The number of fused-ring (bicyclic) bond motifs is 1. The van der Waals surface area contributed by atoms with Crippen molar-refractivity contribution < 1.29 is 8.42 Å². The van der Waals surface area contributed by atoms with E-state index in [1.165, 1.54) is 0 Å². The summed E-state index contributed by atoms with van der Waals surface area (Å²) in [5.74, 6) is 0.0476. The Morgan fingerprint density at radius 3 is 2.77 bits per heavy atom. The first-order chi connectivity index (χ1) is 12.4. The summed E-state index contributed by atoms with van der Waals surface area (Å²) < 4.78 is 24.8. The van der Waals surface area contributed by atoms with Crippen LogP contribution in [0.4, 0.5) is 0 Å². The third-order valence-corrected chi connectivity index (χ3v) is 6.54. The predicted molar refractivity (Wildman–Crippen MR) is 99.1 cm³/mol. The lowest BCUT2D eigenvalue weighted by molar-refractivity contribution is 0.253. The average molecular weight is 389 g/mol. The highest BCUT2D eigenvalue weighted by atomic mass is 35.5. The van der Waals surface area contributed by atoms with Crippen LogP contribution in [-0.4, -0.2) is 41.1 Å². The zero-order chi connectivity index (χ0) is 18.3. The standard InChI is InChI=1S/C18H17ClN4O2S/c1-22(11-14-10-20-23(21-14)15-5-3-2-4-6-15)17-12-26(24,25)18-8-7-13(19)9-16(17)18/h2-10,17H,11-12H2,1H3/t17-/m1/s1. The first-order valence-corrected chi connectivity index (χ1v) is 10.2. The van der Waals surface area contributed by atoms with E-state index in [1.54, 1.807) is 29.2 Å². The summed E-state index contributed by atoms with van der Waals surface area (Å²) in [4.78, 5) is 3.91. The Morgan fingerprint density at radius 1 is 1.23 bits per heavy atom. The number of nitrogens with zero attached hydrogens (tertiary/aromatic N) is 4. The largest absolute Gasteiger partial charge is 0.292 e. The van der Waals surface area contributed by atoms with Crippen molar-refractivity contribution in [3.05, 3.63) is 71.0 Å². The Labute approximate surface area is 156 Å². The second kappa shape index (κ2) is 6.50. The second-order valence-electron chi connectivity index (χ2n) is 6.36. The highest BCUT2D eigenvalue weighted by molar-refractivity contribution is 7.91. The molecule has 0 unspecified atom stereocenters. The molecule has 1 aromatic heterocycles. The van der Waals surface area contributed by atoms with Gasteiger partial charge in [0.05, 0.1) is 34.3 Å². The fourth-order valence-corrected chi connectivity index (χ4v) is 5.27. The van der Waals surface area contributed by atoms with Crippen molar-refractivity contribution in [3.63, 3.8) is 0 Å². The van der Waals surface area contributed by atoms with Gasteiger partial charge in [-0.1, -0.05) is 29.8 Å². The van der Waals surface area contributed by atoms with Gasteiger partial charge in [-0.3, -0.25) is 4.90 Å². The maximum atomic E-state index is 12.4. The number of halogens is 1. The van der Waals surface area contributed by atoms with Gasteiger partial charge in [0.2, 0.25) is 0 Å². The minimum absolute atomic E-state index is 0.0476. The lowest BCUT2D eigenvalue weighted by atomic mass is 10.1. The number of hydrogen-bond acceptors (Lipinski definition) is 5. The molecular weight excluding hydrogens is 372 g/mol. The van der Waals surface area contributed by atoms with E-state index in [0.29, 0.717) is 16.5 Å². The van der Waals surface area contributed by atoms with Crippen molar-refractivity contribution in [1.82, 2.24) is 19.9 Å². The molecule has 0 saturated heterocycles. The molecule has 0 spiro atoms. The molecule has 2 heterocycles. The Hall–Kier alpha value is -2.22. The highest BCUT2D eigenvalue weighted by Gasteiger charge is 2.37. The SMILES string of the molecule is CN(Cc1cnn(-c2ccccc2)n1)[C@@H]1CS(=O)(=O)c2ccc(Cl)cc21. The normalized spacial score (nSPS) is 18.2. The molecule has 0 amide bonds.